The molecule has 0 aliphatic heterocycles. The minimum Gasteiger partial charge on any atom is -0.455 e. The molecule has 166 valence electrons. The predicted molar refractivity (Wildman–Crippen MR) is 122 cm³/mol. The third-order valence-electron chi connectivity index (χ3n) is 4.62. The van der Waals surface area contributed by atoms with Crippen molar-refractivity contribution in [3.8, 4) is 0 Å². The minimum absolute atomic E-state index is 0.0220. The molecule has 33 heavy (non-hydrogen) atoms. The summed E-state index contributed by atoms with van der Waals surface area (Å²) in [6.45, 7) is -0.0887. The fourth-order valence-electron chi connectivity index (χ4n) is 3.07. The number of nitro groups is 1. The van der Waals surface area contributed by atoms with Crippen molar-refractivity contribution < 1.29 is 19.2 Å². The van der Waals surface area contributed by atoms with Crippen molar-refractivity contribution in [3.63, 3.8) is 0 Å². The first kappa shape index (κ1) is 22.3. The fourth-order valence-corrected chi connectivity index (χ4v) is 3.49. The Hall–Kier alpha value is -3.95. The summed E-state index contributed by atoms with van der Waals surface area (Å²) in [5.74, 6) is -1.30. The maximum absolute atomic E-state index is 12.7. The molecular weight excluding hydrogens is 471 g/mol. The van der Waals surface area contributed by atoms with E-state index < -0.39 is 16.8 Å². The molecule has 0 saturated carbocycles. The van der Waals surface area contributed by atoms with E-state index in [1.165, 1.54) is 24.3 Å². The standard InChI is InChI=1S/C22H14Cl2N4O5/c23-13-5-8-20-25-14(11-27(20)10-13)12-33-22(30)17-3-1-2-4-19(17)26-21(29)16-7-6-15(28(31)32)9-18(16)24/h1-11H,12H2,(H,26,29). The number of pyridine rings is 1. The number of nitrogens with one attached hydrogen (secondary N) is 1. The van der Waals surface area contributed by atoms with Crippen molar-refractivity contribution in [2.45, 2.75) is 6.61 Å². The number of aromatic nitrogens is 2. The molecule has 0 bridgehead atoms. The van der Waals surface area contributed by atoms with Crippen LogP contribution >= 0.6 is 23.2 Å². The lowest BCUT2D eigenvalue weighted by Gasteiger charge is -2.11. The summed E-state index contributed by atoms with van der Waals surface area (Å²) in [7, 11) is 0. The Kier molecular flexibility index (Phi) is 6.25. The average molecular weight is 485 g/mol. The summed E-state index contributed by atoms with van der Waals surface area (Å²) in [4.78, 5) is 39.9. The molecule has 0 spiro atoms. The highest BCUT2D eigenvalue weighted by molar-refractivity contribution is 6.34. The summed E-state index contributed by atoms with van der Waals surface area (Å²) in [5, 5.41) is 13.9. The number of anilines is 1. The van der Waals surface area contributed by atoms with Crippen LogP contribution in [-0.4, -0.2) is 26.2 Å². The molecule has 1 amide bonds. The Morgan fingerprint density at radius 3 is 2.61 bits per heavy atom. The van der Waals surface area contributed by atoms with Crippen LogP contribution < -0.4 is 5.32 Å². The molecule has 0 saturated heterocycles. The molecule has 0 unspecified atom stereocenters. The summed E-state index contributed by atoms with van der Waals surface area (Å²) >= 11 is 12.0. The number of nitrogens with zero attached hydrogens (tertiary/aromatic N) is 3. The third-order valence-corrected chi connectivity index (χ3v) is 5.16. The first-order valence-electron chi connectivity index (χ1n) is 9.46. The van der Waals surface area contributed by atoms with E-state index in [1.807, 2.05) is 0 Å². The lowest BCUT2D eigenvalue weighted by atomic mass is 10.1. The minimum atomic E-state index is -0.671. The van der Waals surface area contributed by atoms with Crippen LogP contribution in [0.4, 0.5) is 11.4 Å². The molecule has 0 aliphatic carbocycles. The summed E-state index contributed by atoms with van der Waals surface area (Å²) < 4.78 is 7.08. The molecule has 9 nitrogen and oxygen atoms in total. The van der Waals surface area contributed by atoms with Crippen LogP contribution in [0.15, 0.2) is 67.0 Å². The van der Waals surface area contributed by atoms with E-state index in [1.54, 1.807) is 41.1 Å². The molecule has 0 radical (unpaired) electrons. The molecule has 11 heteroatoms. The second-order valence-electron chi connectivity index (χ2n) is 6.84. The first-order chi connectivity index (χ1) is 15.8. The highest BCUT2D eigenvalue weighted by atomic mass is 35.5. The Morgan fingerprint density at radius 2 is 1.85 bits per heavy atom. The Morgan fingerprint density at radius 1 is 1.06 bits per heavy atom. The van der Waals surface area contributed by atoms with E-state index in [2.05, 4.69) is 10.3 Å². The number of imidazole rings is 1. The van der Waals surface area contributed by atoms with Gasteiger partial charge < -0.3 is 14.5 Å². The molecular formula is C22H14Cl2N4O5. The number of para-hydroxylation sites is 1. The number of fused-ring (bicyclic) bond motifs is 1. The van der Waals surface area contributed by atoms with Crippen molar-refractivity contribution in [1.82, 2.24) is 9.38 Å². The highest BCUT2D eigenvalue weighted by Gasteiger charge is 2.19. The van der Waals surface area contributed by atoms with E-state index in [-0.39, 0.29) is 34.1 Å². The van der Waals surface area contributed by atoms with Gasteiger partial charge in [0.05, 0.1) is 37.5 Å². The van der Waals surface area contributed by atoms with Gasteiger partial charge in [0.2, 0.25) is 0 Å². The lowest BCUT2D eigenvalue weighted by molar-refractivity contribution is -0.384. The third kappa shape index (κ3) is 4.94. The van der Waals surface area contributed by atoms with Gasteiger partial charge in [0.15, 0.2) is 0 Å². The van der Waals surface area contributed by atoms with Crippen LogP contribution in [0.3, 0.4) is 0 Å². The average Bonchev–Trinajstić information content (AvgIpc) is 3.19. The number of amides is 1. The molecule has 1 N–H and O–H groups in total. The van der Waals surface area contributed by atoms with Crippen LogP contribution in [-0.2, 0) is 11.3 Å². The van der Waals surface area contributed by atoms with Crippen molar-refractivity contribution in [2.24, 2.45) is 0 Å². The maximum atomic E-state index is 12.7. The van der Waals surface area contributed by atoms with Gasteiger partial charge in [-0.25, -0.2) is 9.78 Å². The number of non-ortho nitro benzene ring substituents is 1. The van der Waals surface area contributed by atoms with Crippen molar-refractivity contribution >= 4 is 52.1 Å². The van der Waals surface area contributed by atoms with Gasteiger partial charge >= 0.3 is 5.97 Å². The zero-order chi connectivity index (χ0) is 23.5. The number of hydrogen-bond acceptors (Lipinski definition) is 6. The van der Waals surface area contributed by atoms with Gasteiger partial charge in [-0.2, -0.15) is 0 Å². The Bertz CT molecular complexity index is 1400. The number of carbonyl (C=O) groups excluding carboxylic acids is 2. The number of hydrogen-bond donors (Lipinski definition) is 1. The number of nitro benzene ring substituents is 1. The number of carbonyl (C=O) groups is 2. The number of esters is 1. The number of halogens is 2. The zero-order valence-electron chi connectivity index (χ0n) is 16.7. The van der Waals surface area contributed by atoms with Crippen LogP contribution in [0.25, 0.3) is 5.65 Å². The largest absolute Gasteiger partial charge is 0.455 e. The molecule has 2 aromatic carbocycles. The topological polar surface area (TPSA) is 116 Å². The van der Waals surface area contributed by atoms with Gasteiger partial charge in [-0.1, -0.05) is 35.3 Å². The highest BCUT2D eigenvalue weighted by Crippen LogP contribution is 2.25. The number of benzene rings is 2. The van der Waals surface area contributed by atoms with Gasteiger partial charge in [-0.3, -0.25) is 14.9 Å². The van der Waals surface area contributed by atoms with Crippen molar-refractivity contribution in [3.05, 3.63) is 104 Å². The van der Waals surface area contributed by atoms with Gasteiger partial charge in [-0.15, -0.1) is 0 Å². The Balaban J connectivity index is 1.48. The molecule has 4 rings (SSSR count). The number of ether oxygens (including phenoxy) is 1. The normalized spacial score (nSPS) is 10.7. The van der Waals surface area contributed by atoms with Crippen molar-refractivity contribution in [1.29, 1.82) is 0 Å². The van der Waals surface area contributed by atoms with E-state index in [0.29, 0.717) is 16.4 Å². The van der Waals surface area contributed by atoms with E-state index in [4.69, 9.17) is 27.9 Å². The first-order valence-corrected chi connectivity index (χ1v) is 10.2. The van der Waals surface area contributed by atoms with E-state index >= 15 is 0 Å². The molecule has 4 aromatic rings. The van der Waals surface area contributed by atoms with Crippen LogP contribution in [0, 0.1) is 10.1 Å². The lowest BCUT2D eigenvalue weighted by Crippen LogP contribution is -2.16. The van der Waals surface area contributed by atoms with E-state index in [9.17, 15) is 19.7 Å². The summed E-state index contributed by atoms with van der Waals surface area (Å²) in [5.41, 5.74) is 1.27. The summed E-state index contributed by atoms with van der Waals surface area (Å²) in [6.07, 6.45) is 3.38. The second-order valence-corrected chi connectivity index (χ2v) is 7.69. The second kappa shape index (κ2) is 9.27. The smallest absolute Gasteiger partial charge is 0.340 e. The fraction of sp³-hybridized carbons (Fsp3) is 0.0455. The molecule has 2 heterocycles. The maximum Gasteiger partial charge on any atom is 0.340 e. The molecule has 0 atom stereocenters. The molecule has 0 aliphatic rings. The van der Waals surface area contributed by atoms with Crippen molar-refractivity contribution in [2.75, 3.05) is 5.32 Å². The summed E-state index contributed by atoms with van der Waals surface area (Å²) in [6, 6.07) is 13.2. The Labute approximate surface area is 196 Å². The number of rotatable bonds is 6. The van der Waals surface area contributed by atoms with Gasteiger partial charge in [0.1, 0.15) is 12.3 Å². The molecule has 2 aromatic heterocycles. The monoisotopic (exact) mass is 484 g/mol. The van der Waals surface area contributed by atoms with Gasteiger partial charge in [0, 0.05) is 24.5 Å². The van der Waals surface area contributed by atoms with Crippen LogP contribution in [0.2, 0.25) is 10.0 Å². The predicted octanol–water partition coefficient (Wildman–Crippen LogP) is 5.16. The SMILES string of the molecule is O=C(Nc1ccccc1C(=O)OCc1cn2cc(Cl)ccc2n1)c1ccc([N+](=O)[O-])cc1Cl. The van der Waals surface area contributed by atoms with Gasteiger partial charge in [-0.05, 0) is 30.3 Å². The van der Waals surface area contributed by atoms with Crippen LogP contribution in [0.1, 0.15) is 26.4 Å². The zero-order valence-corrected chi connectivity index (χ0v) is 18.2. The van der Waals surface area contributed by atoms with Crippen LogP contribution in [0.5, 0.6) is 0 Å². The van der Waals surface area contributed by atoms with E-state index in [0.717, 1.165) is 6.07 Å². The van der Waals surface area contributed by atoms with Gasteiger partial charge in [0.25, 0.3) is 11.6 Å². The quantitative estimate of drug-likeness (QED) is 0.229. The molecule has 0 fully saturated rings.